The van der Waals surface area contributed by atoms with Crippen LogP contribution in [0.3, 0.4) is 0 Å². The minimum absolute atomic E-state index is 0.00911. The minimum Gasteiger partial charge on any atom is -0.497 e. The van der Waals surface area contributed by atoms with Crippen molar-refractivity contribution in [1.82, 2.24) is 13.9 Å². The van der Waals surface area contributed by atoms with E-state index in [0.29, 0.717) is 18.9 Å². The molecule has 0 radical (unpaired) electrons. The van der Waals surface area contributed by atoms with Crippen LogP contribution < -0.4 is 9.46 Å². The van der Waals surface area contributed by atoms with Gasteiger partial charge < -0.3 is 4.74 Å². The van der Waals surface area contributed by atoms with E-state index in [1.807, 2.05) is 13.0 Å². The second kappa shape index (κ2) is 10.2. The minimum atomic E-state index is -3.45. The van der Waals surface area contributed by atoms with E-state index in [9.17, 15) is 16.8 Å². The van der Waals surface area contributed by atoms with Crippen LogP contribution in [0.2, 0.25) is 0 Å². The Morgan fingerprint density at radius 2 is 1.97 bits per heavy atom. The molecule has 1 aromatic carbocycles. The predicted octanol–water partition coefficient (Wildman–Crippen LogP) is 2.13. The first-order valence-electron chi connectivity index (χ1n) is 12.1. The lowest BCUT2D eigenvalue weighted by Gasteiger charge is -2.51. The lowest BCUT2D eigenvalue weighted by molar-refractivity contribution is 0.0219. The molecule has 0 amide bonds. The molecule has 0 unspecified atom stereocenters. The van der Waals surface area contributed by atoms with Crippen molar-refractivity contribution in [3.63, 3.8) is 0 Å². The molecule has 3 atom stereocenters. The van der Waals surface area contributed by atoms with Crippen LogP contribution in [0.15, 0.2) is 18.2 Å². The Morgan fingerprint density at radius 1 is 1.15 bits per heavy atom. The van der Waals surface area contributed by atoms with Crippen LogP contribution in [-0.4, -0.2) is 76.9 Å². The van der Waals surface area contributed by atoms with Crippen molar-refractivity contribution >= 4 is 20.0 Å². The summed E-state index contributed by atoms with van der Waals surface area (Å²) < 4.78 is 59.9. The second-order valence-electron chi connectivity index (χ2n) is 9.52. The first-order valence-corrected chi connectivity index (χ1v) is 15.4. The molecule has 0 bridgehead atoms. The maximum atomic E-state index is 13.3. The van der Waals surface area contributed by atoms with Crippen LogP contribution in [0, 0.1) is 5.92 Å². The van der Waals surface area contributed by atoms with Crippen LogP contribution in [0.25, 0.3) is 0 Å². The van der Waals surface area contributed by atoms with Crippen LogP contribution in [0.5, 0.6) is 5.75 Å². The van der Waals surface area contributed by atoms with E-state index < -0.39 is 20.0 Å². The largest absolute Gasteiger partial charge is 0.497 e. The van der Waals surface area contributed by atoms with Gasteiger partial charge in [-0.1, -0.05) is 13.0 Å². The highest BCUT2D eigenvalue weighted by Crippen LogP contribution is 2.44. The van der Waals surface area contributed by atoms with Crippen LogP contribution >= 0.6 is 0 Å². The number of nitrogens with zero attached hydrogens (tertiary/aromatic N) is 2. The summed E-state index contributed by atoms with van der Waals surface area (Å²) in [6.07, 6.45) is 4.58. The van der Waals surface area contributed by atoms with Gasteiger partial charge in [0.15, 0.2) is 0 Å². The van der Waals surface area contributed by atoms with Crippen LogP contribution in [0.4, 0.5) is 0 Å². The number of ether oxygens (including phenoxy) is 1. The van der Waals surface area contributed by atoms with E-state index in [-0.39, 0.29) is 36.6 Å². The van der Waals surface area contributed by atoms with Crippen LogP contribution in [-0.2, 0) is 26.5 Å². The third-order valence-electron chi connectivity index (χ3n) is 7.35. The van der Waals surface area contributed by atoms with Crippen molar-refractivity contribution < 1.29 is 21.6 Å². The number of benzene rings is 1. The molecule has 0 spiro atoms. The predicted molar refractivity (Wildman–Crippen MR) is 129 cm³/mol. The summed E-state index contributed by atoms with van der Waals surface area (Å²) in [4.78, 5) is 2.54. The van der Waals surface area contributed by atoms with Gasteiger partial charge in [-0.15, -0.1) is 0 Å². The van der Waals surface area contributed by atoms with Gasteiger partial charge in [-0.05, 0) is 67.7 Å². The van der Waals surface area contributed by atoms with Crippen molar-refractivity contribution in [3.8, 4) is 5.75 Å². The molecule has 0 aromatic heterocycles. The van der Waals surface area contributed by atoms with E-state index in [0.717, 1.165) is 44.5 Å². The van der Waals surface area contributed by atoms with Gasteiger partial charge in [0.05, 0.1) is 18.6 Å². The van der Waals surface area contributed by atoms with Gasteiger partial charge in [-0.25, -0.2) is 21.6 Å². The second-order valence-corrected chi connectivity index (χ2v) is 13.5. The highest BCUT2D eigenvalue weighted by atomic mass is 32.2. The Balaban J connectivity index is 1.45. The summed E-state index contributed by atoms with van der Waals surface area (Å²) in [5, 5.41) is 0. The zero-order valence-corrected chi connectivity index (χ0v) is 21.3. The number of hydrogen-bond donors (Lipinski definition) is 1. The average molecular weight is 500 g/mol. The van der Waals surface area contributed by atoms with E-state index >= 15 is 0 Å². The van der Waals surface area contributed by atoms with Gasteiger partial charge in [0.1, 0.15) is 5.75 Å². The standard InChI is InChI=1S/C23H37N3O5S2/c1-3-13-32(27,28)24-10-5-14-33(29,30)26-11-4-6-19-17-25-12-9-18-15-20(31-2)7-8-21(18)23(25)16-22(19)26/h7-8,15,19,22-24H,3-6,9-14,16-17H2,1-2H3/t19-,22+,23+/m1/s1. The van der Waals surface area contributed by atoms with Crippen LogP contribution in [0.1, 0.15) is 56.2 Å². The van der Waals surface area contributed by atoms with E-state index in [2.05, 4.69) is 21.8 Å². The summed E-state index contributed by atoms with van der Waals surface area (Å²) in [5.74, 6) is 1.27. The molecule has 4 rings (SSSR count). The van der Waals surface area contributed by atoms with Gasteiger partial charge in [0.2, 0.25) is 20.0 Å². The fourth-order valence-corrected chi connectivity index (χ4v) is 8.76. The van der Waals surface area contributed by atoms with Crippen molar-refractivity contribution in [2.45, 2.75) is 57.5 Å². The molecule has 33 heavy (non-hydrogen) atoms. The Bertz CT molecular complexity index is 1040. The Hall–Kier alpha value is -1.20. The molecule has 0 aliphatic carbocycles. The van der Waals surface area contributed by atoms with Crippen molar-refractivity contribution in [2.75, 3.05) is 44.8 Å². The first kappa shape index (κ1) is 24.9. The zero-order chi connectivity index (χ0) is 23.6. The summed E-state index contributed by atoms with van der Waals surface area (Å²) in [6, 6.07) is 6.51. The molecule has 2 fully saturated rings. The van der Waals surface area contributed by atoms with Gasteiger partial charge in [0.25, 0.3) is 0 Å². The molecule has 1 aromatic rings. The maximum Gasteiger partial charge on any atom is 0.214 e. The first-order chi connectivity index (χ1) is 15.7. The topological polar surface area (TPSA) is 96.0 Å². The fourth-order valence-electron chi connectivity index (χ4n) is 5.80. The number of methoxy groups -OCH3 is 1. The average Bonchev–Trinajstić information content (AvgIpc) is 2.79. The zero-order valence-electron chi connectivity index (χ0n) is 19.7. The van der Waals surface area contributed by atoms with Crippen molar-refractivity contribution in [1.29, 1.82) is 0 Å². The SMILES string of the molecule is CCCS(=O)(=O)NCCCS(=O)(=O)N1CCC[C@@H]2CN3CCc4cc(OC)ccc4[C@@H]3C[C@@H]21. The number of sulfonamides is 2. The highest BCUT2D eigenvalue weighted by Gasteiger charge is 2.45. The Labute approximate surface area is 198 Å². The van der Waals surface area contributed by atoms with Gasteiger partial charge >= 0.3 is 0 Å². The monoisotopic (exact) mass is 499 g/mol. The summed E-state index contributed by atoms with van der Waals surface area (Å²) >= 11 is 0. The van der Waals surface area contributed by atoms with Crippen molar-refractivity contribution in [3.05, 3.63) is 29.3 Å². The molecular weight excluding hydrogens is 462 g/mol. The van der Waals surface area contributed by atoms with Gasteiger partial charge in [-0.2, -0.15) is 4.31 Å². The number of piperidine rings is 2. The normalized spacial score (nSPS) is 26.3. The smallest absolute Gasteiger partial charge is 0.214 e. The molecule has 2 saturated heterocycles. The molecule has 1 N–H and O–H groups in total. The van der Waals surface area contributed by atoms with E-state index in [4.69, 9.17) is 4.74 Å². The highest BCUT2D eigenvalue weighted by molar-refractivity contribution is 7.89. The van der Waals surface area contributed by atoms with Gasteiger partial charge in [-0.3, -0.25) is 4.90 Å². The van der Waals surface area contributed by atoms with E-state index in [1.165, 1.54) is 11.1 Å². The molecular formula is C23H37N3O5S2. The Kier molecular flexibility index (Phi) is 7.69. The van der Waals surface area contributed by atoms with Crippen molar-refractivity contribution in [2.24, 2.45) is 5.92 Å². The molecule has 0 saturated carbocycles. The molecule has 10 heteroatoms. The lowest BCUT2D eigenvalue weighted by atomic mass is 9.77. The number of fused-ring (bicyclic) bond motifs is 4. The summed E-state index contributed by atoms with van der Waals surface area (Å²) in [6.45, 7) is 4.47. The quantitative estimate of drug-likeness (QED) is 0.523. The molecule has 3 aliphatic heterocycles. The number of hydrogen-bond acceptors (Lipinski definition) is 6. The molecule has 3 aliphatic rings. The summed E-state index contributed by atoms with van der Waals surface area (Å²) in [7, 11) is -5.08. The number of nitrogens with one attached hydrogen (secondary N) is 1. The van der Waals surface area contributed by atoms with Gasteiger partial charge in [0, 0.05) is 38.3 Å². The third-order valence-corrected chi connectivity index (χ3v) is 10.9. The summed E-state index contributed by atoms with van der Waals surface area (Å²) in [5.41, 5.74) is 2.60. The lowest BCUT2D eigenvalue weighted by Crippen LogP contribution is -2.57. The Morgan fingerprint density at radius 3 is 2.73 bits per heavy atom. The maximum absolute atomic E-state index is 13.3. The molecule has 8 nitrogen and oxygen atoms in total. The molecule has 3 heterocycles. The third kappa shape index (κ3) is 5.56. The van der Waals surface area contributed by atoms with E-state index in [1.54, 1.807) is 11.4 Å². The number of rotatable bonds is 9. The fraction of sp³-hybridized carbons (Fsp3) is 0.739. The molecule has 186 valence electrons.